The Morgan fingerprint density at radius 3 is 2.13 bits per heavy atom. The Morgan fingerprint density at radius 1 is 0.733 bits per heavy atom. The van der Waals surface area contributed by atoms with Gasteiger partial charge >= 0.3 is 0 Å². The molecule has 0 aliphatic heterocycles. The first-order valence-corrected chi connectivity index (χ1v) is 5.67. The van der Waals surface area contributed by atoms with E-state index in [2.05, 4.69) is 18.2 Å². The Labute approximate surface area is 98.5 Å². The number of alkyl halides is 2. The molecule has 0 nitrogen and oxygen atoms in total. The smallest absolute Gasteiger partial charge is 0.100 e. The lowest BCUT2D eigenvalue weighted by Gasteiger charge is -2.26. The highest BCUT2D eigenvalue weighted by Gasteiger charge is 2.25. The molecule has 0 saturated heterocycles. The summed E-state index contributed by atoms with van der Waals surface area (Å²) < 4.78 is 0. The molecule has 0 saturated carbocycles. The lowest BCUT2D eigenvalue weighted by Crippen LogP contribution is -2.02. The highest BCUT2D eigenvalue weighted by atomic mass is 35.5. The van der Waals surface area contributed by atoms with Gasteiger partial charge in [-0.1, -0.05) is 42.5 Å². The molecule has 2 aromatic rings. The Kier molecular flexibility index (Phi) is 2.01. The summed E-state index contributed by atoms with van der Waals surface area (Å²) in [6.07, 6.45) is 0. The van der Waals surface area contributed by atoms with Gasteiger partial charge in [-0.15, -0.1) is 23.2 Å². The molecule has 74 valence electrons. The van der Waals surface area contributed by atoms with Gasteiger partial charge in [0.05, 0.1) is 0 Å². The number of hydrogen-bond acceptors (Lipinski definition) is 0. The molecule has 0 radical (unpaired) electrons. The molecule has 2 aromatic carbocycles. The van der Waals surface area contributed by atoms with Crippen LogP contribution in [0.2, 0.25) is 0 Å². The zero-order valence-electron chi connectivity index (χ0n) is 7.87. The molecule has 1 aliphatic carbocycles. The molecule has 0 amide bonds. The van der Waals surface area contributed by atoms with Crippen LogP contribution in [0.4, 0.5) is 0 Å². The second-order valence-electron chi connectivity index (χ2n) is 3.62. The van der Waals surface area contributed by atoms with Gasteiger partial charge in [0, 0.05) is 0 Å². The SMILES string of the molecule is ClC(Cl)c1cccc2c1-c1ccccc1-2. The van der Waals surface area contributed by atoms with Crippen molar-refractivity contribution < 1.29 is 0 Å². The fourth-order valence-electron chi connectivity index (χ4n) is 2.15. The first-order valence-electron chi connectivity index (χ1n) is 4.80. The lowest BCUT2D eigenvalue weighted by atomic mass is 9.78. The molecule has 0 fully saturated rings. The van der Waals surface area contributed by atoms with E-state index in [1.54, 1.807) is 0 Å². The summed E-state index contributed by atoms with van der Waals surface area (Å²) in [5.74, 6) is 0. The van der Waals surface area contributed by atoms with Crippen LogP contribution in [0.25, 0.3) is 22.3 Å². The van der Waals surface area contributed by atoms with E-state index in [0.717, 1.165) is 5.56 Å². The van der Waals surface area contributed by atoms with Gasteiger partial charge in [0.1, 0.15) is 4.84 Å². The Bertz CT molecular complexity index is 530. The molecule has 0 aromatic heterocycles. The Morgan fingerprint density at radius 2 is 1.40 bits per heavy atom. The summed E-state index contributed by atoms with van der Waals surface area (Å²) in [6, 6.07) is 14.4. The highest BCUT2D eigenvalue weighted by Crippen LogP contribution is 2.51. The van der Waals surface area contributed by atoms with Crippen molar-refractivity contribution in [1.29, 1.82) is 0 Å². The maximum Gasteiger partial charge on any atom is 0.133 e. The molecular formula is C13H8Cl2. The van der Waals surface area contributed by atoms with Crippen molar-refractivity contribution in [3.8, 4) is 22.3 Å². The summed E-state index contributed by atoms with van der Waals surface area (Å²) >= 11 is 11.9. The second kappa shape index (κ2) is 3.26. The number of benzene rings is 2. The highest BCUT2D eigenvalue weighted by molar-refractivity contribution is 6.44. The maximum atomic E-state index is 5.95. The van der Waals surface area contributed by atoms with Gasteiger partial charge in [0.25, 0.3) is 0 Å². The summed E-state index contributed by atoms with van der Waals surface area (Å²) in [5.41, 5.74) is 6.03. The number of rotatable bonds is 1. The van der Waals surface area contributed by atoms with Crippen LogP contribution in [-0.2, 0) is 0 Å². The van der Waals surface area contributed by atoms with Crippen LogP contribution in [0.15, 0.2) is 42.5 Å². The van der Waals surface area contributed by atoms with E-state index in [-0.39, 0.29) is 0 Å². The molecule has 1 aliphatic rings. The largest absolute Gasteiger partial charge is 0.133 e. The standard InChI is InChI=1S/C13H8Cl2/c14-13(15)11-7-3-6-10-8-4-1-2-5-9(8)12(10)11/h1-7,13H. The van der Waals surface area contributed by atoms with Crippen LogP contribution in [0.3, 0.4) is 0 Å². The Balaban J connectivity index is 2.25. The van der Waals surface area contributed by atoms with Crippen LogP contribution in [0.5, 0.6) is 0 Å². The van der Waals surface area contributed by atoms with Crippen molar-refractivity contribution in [3.63, 3.8) is 0 Å². The number of hydrogen-bond donors (Lipinski definition) is 0. The molecular weight excluding hydrogens is 227 g/mol. The van der Waals surface area contributed by atoms with E-state index in [9.17, 15) is 0 Å². The van der Waals surface area contributed by atoms with E-state index < -0.39 is 4.84 Å². The van der Waals surface area contributed by atoms with Gasteiger partial charge in [-0.25, -0.2) is 0 Å². The van der Waals surface area contributed by atoms with E-state index in [1.807, 2.05) is 24.3 Å². The average molecular weight is 235 g/mol. The molecule has 2 heteroatoms. The van der Waals surface area contributed by atoms with Gasteiger partial charge < -0.3 is 0 Å². The van der Waals surface area contributed by atoms with Gasteiger partial charge in [-0.05, 0) is 27.8 Å². The van der Waals surface area contributed by atoms with E-state index in [4.69, 9.17) is 23.2 Å². The minimum Gasteiger partial charge on any atom is -0.100 e. The third-order valence-electron chi connectivity index (χ3n) is 2.82. The zero-order valence-corrected chi connectivity index (χ0v) is 9.39. The van der Waals surface area contributed by atoms with Crippen molar-refractivity contribution in [2.24, 2.45) is 0 Å². The van der Waals surface area contributed by atoms with Crippen LogP contribution in [-0.4, -0.2) is 0 Å². The van der Waals surface area contributed by atoms with Crippen molar-refractivity contribution in [1.82, 2.24) is 0 Å². The maximum absolute atomic E-state index is 5.95. The lowest BCUT2D eigenvalue weighted by molar-refractivity contribution is 1.33. The predicted molar refractivity (Wildman–Crippen MR) is 65.3 cm³/mol. The van der Waals surface area contributed by atoms with Gasteiger partial charge in [0.2, 0.25) is 0 Å². The van der Waals surface area contributed by atoms with Crippen LogP contribution in [0.1, 0.15) is 10.4 Å². The molecule has 0 bridgehead atoms. The minimum atomic E-state index is -0.451. The van der Waals surface area contributed by atoms with Gasteiger partial charge in [-0.2, -0.15) is 0 Å². The van der Waals surface area contributed by atoms with Crippen molar-refractivity contribution in [2.75, 3.05) is 0 Å². The van der Waals surface area contributed by atoms with E-state index in [1.165, 1.54) is 22.3 Å². The summed E-state index contributed by atoms with van der Waals surface area (Å²) in [6.45, 7) is 0. The zero-order chi connectivity index (χ0) is 10.4. The van der Waals surface area contributed by atoms with Crippen LogP contribution < -0.4 is 0 Å². The molecule has 0 N–H and O–H groups in total. The monoisotopic (exact) mass is 234 g/mol. The molecule has 15 heavy (non-hydrogen) atoms. The van der Waals surface area contributed by atoms with E-state index >= 15 is 0 Å². The molecule has 3 rings (SSSR count). The third-order valence-corrected chi connectivity index (χ3v) is 3.29. The first kappa shape index (κ1) is 9.26. The normalized spacial score (nSPS) is 11.9. The van der Waals surface area contributed by atoms with Crippen LogP contribution >= 0.6 is 23.2 Å². The number of halogens is 2. The summed E-state index contributed by atoms with van der Waals surface area (Å²) in [7, 11) is 0. The van der Waals surface area contributed by atoms with Crippen molar-refractivity contribution in [3.05, 3.63) is 48.0 Å². The summed E-state index contributed by atoms with van der Waals surface area (Å²) in [5, 5.41) is 0. The average Bonchev–Trinajstić information content (AvgIpc) is 2.24. The molecule has 0 atom stereocenters. The minimum absolute atomic E-state index is 0.451. The first-order chi connectivity index (χ1) is 7.29. The topological polar surface area (TPSA) is 0 Å². The van der Waals surface area contributed by atoms with Crippen LogP contribution in [0, 0.1) is 0 Å². The van der Waals surface area contributed by atoms with Crippen molar-refractivity contribution >= 4 is 23.2 Å². The van der Waals surface area contributed by atoms with Gasteiger partial charge in [0.15, 0.2) is 0 Å². The van der Waals surface area contributed by atoms with E-state index in [0.29, 0.717) is 0 Å². The van der Waals surface area contributed by atoms with Gasteiger partial charge in [-0.3, -0.25) is 0 Å². The molecule has 0 unspecified atom stereocenters. The fraction of sp³-hybridized carbons (Fsp3) is 0.0769. The predicted octanol–water partition coefficient (Wildman–Crippen LogP) is 4.81. The fourth-order valence-corrected chi connectivity index (χ4v) is 2.51. The summed E-state index contributed by atoms with van der Waals surface area (Å²) in [4.78, 5) is -0.451. The molecule has 0 heterocycles. The second-order valence-corrected chi connectivity index (χ2v) is 4.71. The Hall–Kier alpha value is -0.980. The quantitative estimate of drug-likeness (QED) is 0.531. The molecule has 0 spiro atoms. The third kappa shape index (κ3) is 1.22. The van der Waals surface area contributed by atoms with Crippen molar-refractivity contribution in [2.45, 2.75) is 4.84 Å². The number of fused-ring (bicyclic) bond motifs is 4.